The molecule has 3 aromatic heterocycles. The molecule has 3 heterocycles. The fourth-order valence-electron chi connectivity index (χ4n) is 5.52. The molecule has 8 aromatic rings. The van der Waals surface area contributed by atoms with Crippen LogP contribution in [0.2, 0.25) is 0 Å². The third-order valence-electron chi connectivity index (χ3n) is 7.01. The van der Waals surface area contributed by atoms with Gasteiger partial charge in [0.15, 0.2) is 0 Å². The van der Waals surface area contributed by atoms with E-state index in [4.69, 9.17) is 4.42 Å². The maximum Gasteiger partial charge on any atom is 0.135 e. The second kappa shape index (κ2) is 6.46. The Morgan fingerprint density at radius 3 is 2.41 bits per heavy atom. The van der Waals surface area contributed by atoms with Gasteiger partial charge in [0, 0.05) is 45.2 Å². The van der Waals surface area contributed by atoms with E-state index in [1.807, 2.05) is 30.6 Å². The molecule has 0 aliphatic rings. The Morgan fingerprint density at radius 2 is 1.47 bits per heavy atom. The van der Waals surface area contributed by atoms with Crippen LogP contribution in [0.4, 0.5) is 0 Å². The van der Waals surface area contributed by atoms with Gasteiger partial charge in [-0.15, -0.1) is 0 Å². The molecule has 0 atom stereocenters. The Morgan fingerprint density at radius 1 is 0.588 bits per heavy atom. The minimum absolute atomic E-state index is 0.911. The highest BCUT2D eigenvalue weighted by Crippen LogP contribution is 2.41. The van der Waals surface area contributed by atoms with Crippen LogP contribution in [0.3, 0.4) is 0 Å². The largest absolute Gasteiger partial charge is 0.456 e. The molecule has 34 heavy (non-hydrogen) atoms. The van der Waals surface area contributed by atoms with Gasteiger partial charge in [-0.05, 0) is 64.9 Å². The summed E-state index contributed by atoms with van der Waals surface area (Å²) in [6.07, 6.45) is 3.75. The summed E-state index contributed by atoms with van der Waals surface area (Å²) in [5, 5.41) is 7.40. The maximum atomic E-state index is 6.10. The number of nitrogens with zero attached hydrogens (tertiary/aromatic N) is 2. The van der Waals surface area contributed by atoms with Gasteiger partial charge in [0.05, 0.1) is 11.0 Å². The molecule has 0 fully saturated rings. The number of benzene rings is 5. The van der Waals surface area contributed by atoms with Gasteiger partial charge >= 0.3 is 0 Å². The highest BCUT2D eigenvalue weighted by molar-refractivity contribution is 6.25. The monoisotopic (exact) mass is 434 g/mol. The summed E-state index contributed by atoms with van der Waals surface area (Å²) in [7, 11) is 0. The van der Waals surface area contributed by atoms with Gasteiger partial charge in [0.1, 0.15) is 11.2 Å². The minimum Gasteiger partial charge on any atom is -0.456 e. The lowest BCUT2D eigenvalue weighted by Gasteiger charge is -2.10. The Bertz CT molecular complexity index is 2010. The van der Waals surface area contributed by atoms with Crippen molar-refractivity contribution >= 4 is 54.5 Å². The number of hydrogen-bond donors (Lipinski definition) is 0. The van der Waals surface area contributed by atoms with E-state index in [2.05, 4.69) is 88.4 Å². The molecule has 0 aliphatic carbocycles. The van der Waals surface area contributed by atoms with E-state index >= 15 is 0 Å². The zero-order valence-corrected chi connectivity index (χ0v) is 18.2. The number of furan rings is 1. The van der Waals surface area contributed by atoms with Crippen molar-refractivity contribution in [3.8, 4) is 16.8 Å². The lowest BCUT2D eigenvalue weighted by Crippen LogP contribution is -1.94. The molecule has 8 rings (SSSR count). The first-order valence-electron chi connectivity index (χ1n) is 11.5. The molecule has 0 bridgehead atoms. The van der Waals surface area contributed by atoms with Crippen LogP contribution in [0, 0.1) is 0 Å². The van der Waals surface area contributed by atoms with Crippen LogP contribution >= 0.6 is 0 Å². The molecule has 0 aliphatic heterocycles. The van der Waals surface area contributed by atoms with Crippen molar-refractivity contribution in [3.05, 3.63) is 109 Å². The molecule has 0 saturated heterocycles. The van der Waals surface area contributed by atoms with E-state index in [0.717, 1.165) is 33.2 Å². The standard InChI is InChI=1S/C31H18N2O/c1-2-9-28-24(7-1)25-17-23(12-13-29(25)34-28)33-26-8-3-5-19-10-11-20-15-22(21-6-4-14-32-18-21)16-27(33)31(20)30(19)26/h1-18H. The lowest BCUT2D eigenvalue weighted by atomic mass is 9.98. The highest BCUT2D eigenvalue weighted by Gasteiger charge is 2.18. The van der Waals surface area contributed by atoms with Gasteiger partial charge in [-0.25, -0.2) is 0 Å². The van der Waals surface area contributed by atoms with Crippen molar-refractivity contribution < 1.29 is 4.42 Å². The van der Waals surface area contributed by atoms with E-state index < -0.39 is 0 Å². The van der Waals surface area contributed by atoms with Crippen molar-refractivity contribution in [2.45, 2.75) is 0 Å². The van der Waals surface area contributed by atoms with Gasteiger partial charge in [0.2, 0.25) is 0 Å². The Kier molecular flexibility index (Phi) is 3.39. The summed E-state index contributed by atoms with van der Waals surface area (Å²) in [4.78, 5) is 4.35. The summed E-state index contributed by atoms with van der Waals surface area (Å²) >= 11 is 0. The average molecular weight is 434 g/mol. The summed E-state index contributed by atoms with van der Waals surface area (Å²) < 4.78 is 8.49. The van der Waals surface area contributed by atoms with Crippen molar-refractivity contribution in [1.82, 2.24) is 9.55 Å². The maximum absolute atomic E-state index is 6.10. The summed E-state index contributed by atoms with van der Waals surface area (Å²) in [5.41, 5.74) is 7.67. The number of rotatable bonds is 2. The molecule has 0 radical (unpaired) electrons. The van der Waals surface area contributed by atoms with Crippen molar-refractivity contribution in [3.63, 3.8) is 0 Å². The number of hydrogen-bond acceptors (Lipinski definition) is 2. The molecule has 0 saturated carbocycles. The van der Waals surface area contributed by atoms with Crippen LogP contribution in [-0.4, -0.2) is 9.55 Å². The molecule has 158 valence electrons. The fraction of sp³-hybridized carbons (Fsp3) is 0. The van der Waals surface area contributed by atoms with Crippen molar-refractivity contribution in [2.24, 2.45) is 0 Å². The zero-order chi connectivity index (χ0) is 22.2. The van der Waals surface area contributed by atoms with Gasteiger partial charge in [0.25, 0.3) is 0 Å². The van der Waals surface area contributed by atoms with Gasteiger partial charge < -0.3 is 8.98 Å². The quantitative estimate of drug-likeness (QED) is 0.256. The van der Waals surface area contributed by atoms with Crippen LogP contribution in [0.25, 0.3) is 71.3 Å². The average Bonchev–Trinajstić information content (AvgIpc) is 3.44. The molecular formula is C31H18N2O. The Labute approximate surface area is 194 Å². The first kappa shape index (κ1) is 17.9. The molecule has 0 unspecified atom stereocenters. The predicted molar refractivity (Wildman–Crippen MR) is 140 cm³/mol. The molecule has 3 heteroatoms. The Hall–Kier alpha value is -4.63. The third-order valence-corrected chi connectivity index (χ3v) is 7.01. The fourth-order valence-corrected chi connectivity index (χ4v) is 5.52. The van der Waals surface area contributed by atoms with Gasteiger partial charge in [-0.2, -0.15) is 0 Å². The SMILES string of the molecule is c1cncc(-c2cc3ccc4cccc5c4c3c(c2)n5-c2ccc3oc4ccccc4c3c2)c1. The molecular weight excluding hydrogens is 416 g/mol. The number of para-hydroxylation sites is 1. The number of fused-ring (bicyclic) bond motifs is 3. The number of pyridine rings is 1. The summed E-state index contributed by atoms with van der Waals surface area (Å²) in [6, 6.07) is 34.5. The Balaban J connectivity index is 1.52. The smallest absolute Gasteiger partial charge is 0.135 e. The predicted octanol–water partition coefficient (Wildman–Crippen LogP) is 8.34. The third kappa shape index (κ3) is 2.33. The second-order valence-electron chi connectivity index (χ2n) is 8.89. The normalized spacial score (nSPS) is 12.1. The van der Waals surface area contributed by atoms with Crippen LogP contribution in [0.1, 0.15) is 0 Å². The van der Waals surface area contributed by atoms with E-state index in [-0.39, 0.29) is 0 Å². The first-order valence-corrected chi connectivity index (χ1v) is 11.5. The molecule has 5 aromatic carbocycles. The van der Waals surface area contributed by atoms with Crippen LogP contribution < -0.4 is 0 Å². The molecule has 0 N–H and O–H groups in total. The highest BCUT2D eigenvalue weighted by atomic mass is 16.3. The lowest BCUT2D eigenvalue weighted by molar-refractivity contribution is 0.669. The zero-order valence-electron chi connectivity index (χ0n) is 18.2. The molecule has 3 nitrogen and oxygen atoms in total. The van der Waals surface area contributed by atoms with Gasteiger partial charge in [-0.1, -0.05) is 48.5 Å². The van der Waals surface area contributed by atoms with E-state index in [1.165, 1.54) is 38.1 Å². The first-order chi connectivity index (χ1) is 16.8. The molecule has 0 spiro atoms. The minimum atomic E-state index is 0.911. The van der Waals surface area contributed by atoms with Gasteiger partial charge in [-0.3, -0.25) is 4.98 Å². The molecule has 0 amide bonds. The second-order valence-corrected chi connectivity index (χ2v) is 8.89. The topological polar surface area (TPSA) is 31.0 Å². The van der Waals surface area contributed by atoms with Crippen LogP contribution in [0.15, 0.2) is 114 Å². The van der Waals surface area contributed by atoms with Crippen LogP contribution in [0.5, 0.6) is 0 Å². The van der Waals surface area contributed by atoms with Crippen LogP contribution in [-0.2, 0) is 0 Å². The van der Waals surface area contributed by atoms with E-state index in [1.54, 1.807) is 0 Å². The van der Waals surface area contributed by atoms with E-state index in [0.29, 0.717) is 0 Å². The van der Waals surface area contributed by atoms with Crippen molar-refractivity contribution in [2.75, 3.05) is 0 Å². The number of aromatic nitrogens is 2. The summed E-state index contributed by atoms with van der Waals surface area (Å²) in [6.45, 7) is 0. The van der Waals surface area contributed by atoms with Crippen molar-refractivity contribution in [1.29, 1.82) is 0 Å². The van der Waals surface area contributed by atoms with E-state index in [9.17, 15) is 0 Å². The summed E-state index contributed by atoms with van der Waals surface area (Å²) in [5.74, 6) is 0.